The number of anilines is 1. The predicted molar refractivity (Wildman–Crippen MR) is 110 cm³/mol. The van der Waals surface area contributed by atoms with E-state index in [4.69, 9.17) is 23.2 Å². The summed E-state index contributed by atoms with van der Waals surface area (Å²) in [4.78, 5) is -0.321. The first-order valence-corrected chi connectivity index (χ1v) is 11.4. The Labute approximate surface area is 181 Å². The van der Waals surface area contributed by atoms with Crippen molar-refractivity contribution < 1.29 is 17.2 Å². The summed E-state index contributed by atoms with van der Waals surface area (Å²) in [6, 6.07) is 5.75. The van der Waals surface area contributed by atoms with Gasteiger partial charge in [-0.15, -0.1) is 10.2 Å². The standard InChI is InChI=1S/C19H16Cl2F2N4O2S/c20-12-5-4-6-16(18(12)21)30(28,29)26-15-9-11(13(22)10-14(15)23)19-25-24-17-7-2-1-3-8-27(17)19/h4-6,9-10,26H,1-3,7-8H2. The lowest BCUT2D eigenvalue weighted by Crippen LogP contribution is -2.15. The molecular formula is C19H16Cl2F2N4O2S. The molecule has 0 amide bonds. The van der Waals surface area contributed by atoms with Gasteiger partial charge in [0.25, 0.3) is 10.0 Å². The summed E-state index contributed by atoms with van der Waals surface area (Å²) in [7, 11) is -4.28. The van der Waals surface area contributed by atoms with Crippen LogP contribution in [0.2, 0.25) is 10.0 Å². The van der Waals surface area contributed by atoms with Crippen molar-refractivity contribution >= 4 is 38.9 Å². The van der Waals surface area contributed by atoms with E-state index in [1.807, 2.05) is 0 Å². The third kappa shape index (κ3) is 3.89. The summed E-state index contributed by atoms with van der Waals surface area (Å²) in [5, 5.41) is 8.00. The maximum absolute atomic E-state index is 14.6. The van der Waals surface area contributed by atoms with Gasteiger partial charge in [0.05, 0.1) is 21.3 Å². The summed E-state index contributed by atoms with van der Waals surface area (Å²) in [5.41, 5.74) is -0.486. The molecule has 0 unspecified atom stereocenters. The quantitative estimate of drug-likeness (QED) is 0.575. The summed E-state index contributed by atoms with van der Waals surface area (Å²) in [5.74, 6) is -0.992. The molecule has 1 aliphatic heterocycles. The van der Waals surface area contributed by atoms with Crippen LogP contribution in [0, 0.1) is 11.6 Å². The second kappa shape index (κ2) is 8.13. The van der Waals surface area contributed by atoms with Crippen LogP contribution < -0.4 is 4.72 Å². The number of halogens is 4. The van der Waals surface area contributed by atoms with Crippen molar-refractivity contribution in [2.75, 3.05) is 4.72 Å². The van der Waals surface area contributed by atoms with Crippen molar-refractivity contribution in [3.63, 3.8) is 0 Å². The van der Waals surface area contributed by atoms with Crippen molar-refractivity contribution in [2.24, 2.45) is 0 Å². The van der Waals surface area contributed by atoms with Gasteiger partial charge in [-0.1, -0.05) is 35.7 Å². The van der Waals surface area contributed by atoms with Crippen molar-refractivity contribution in [1.82, 2.24) is 14.8 Å². The highest BCUT2D eigenvalue weighted by Crippen LogP contribution is 2.33. The Kier molecular flexibility index (Phi) is 5.69. The molecule has 0 spiro atoms. The van der Waals surface area contributed by atoms with Gasteiger partial charge in [-0.25, -0.2) is 17.2 Å². The normalized spacial score (nSPS) is 14.3. The van der Waals surface area contributed by atoms with Crippen LogP contribution in [0.25, 0.3) is 11.4 Å². The fourth-order valence-electron chi connectivity index (χ4n) is 3.37. The number of hydrogen-bond acceptors (Lipinski definition) is 4. The number of sulfonamides is 1. The zero-order valence-electron chi connectivity index (χ0n) is 15.5. The van der Waals surface area contributed by atoms with Gasteiger partial charge < -0.3 is 4.57 Å². The van der Waals surface area contributed by atoms with E-state index in [2.05, 4.69) is 14.9 Å². The smallest absolute Gasteiger partial charge is 0.263 e. The lowest BCUT2D eigenvalue weighted by atomic mass is 10.1. The topological polar surface area (TPSA) is 76.9 Å². The van der Waals surface area contributed by atoms with E-state index in [9.17, 15) is 17.2 Å². The minimum atomic E-state index is -4.28. The van der Waals surface area contributed by atoms with Gasteiger partial charge in [0, 0.05) is 19.0 Å². The molecule has 158 valence electrons. The molecule has 1 aromatic heterocycles. The average Bonchev–Trinajstić information content (AvgIpc) is 2.93. The van der Waals surface area contributed by atoms with Gasteiger partial charge in [0.2, 0.25) is 0 Å². The minimum absolute atomic E-state index is 0.0333. The molecule has 1 N–H and O–H groups in total. The summed E-state index contributed by atoms with van der Waals surface area (Å²) in [6.07, 6.45) is 3.56. The van der Waals surface area contributed by atoms with Gasteiger partial charge in [-0.2, -0.15) is 0 Å². The highest BCUT2D eigenvalue weighted by Gasteiger charge is 2.24. The van der Waals surface area contributed by atoms with Crippen LogP contribution in [-0.4, -0.2) is 23.2 Å². The molecule has 1 aliphatic rings. The Bertz CT molecular complexity index is 1230. The monoisotopic (exact) mass is 472 g/mol. The molecule has 30 heavy (non-hydrogen) atoms. The first-order valence-electron chi connectivity index (χ1n) is 9.16. The summed E-state index contributed by atoms with van der Waals surface area (Å²) in [6.45, 7) is 0.605. The van der Waals surface area contributed by atoms with Gasteiger partial charge in [-0.05, 0) is 31.0 Å². The van der Waals surface area contributed by atoms with Crippen LogP contribution in [0.1, 0.15) is 25.1 Å². The Balaban J connectivity index is 1.76. The third-order valence-electron chi connectivity index (χ3n) is 4.86. The van der Waals surface area contributed by atoms with Crippen LogP contribution in [0.5, 0.6) is 0 Å². The van der Waals surface area contributed by atoms with Crippen molar-refractivity contribution in [3.05, 3.63) is 57.8 Å². The Morgan fingerprint density at radius 3 is 2.63 bits per heavy atom. The van der Waals surface area contributed by atoms with Crippen LogP contribution >= 0.6 is 23.2 Å². The van der Waals surface area contributed by atoms with Gasteiger partial charge in [0.1, 0.15) is 22.4 Å². The molecule has 0 atom stereocenters. The molecular weight excluding hydrogens is 457 g/mol. The van der Waals surface area contributed by atoms with E-state index in [1.54, 1.807) is 4.57 Å². The molecule has 2 heterocycles. The predicted octanol–water partition coefficient (Wildman–Crippen LogP) is 5.06. The van der Waals surface area contributed by atoms with Gasteiger partial charge >= 0.3 is 0 Å². The van der Waals surface area contributed by atoms with E-state index >= 15 is 0 Å². The van der Waals surface area contributed by atoms with E-state index in [0.29, 0.717) is 19.0 Å². The van der Waals surface area contributed by atoms with Crippen molar-refractivity contribution in [1.29, 1.82) is 0 Å². The molecule has 4 rings (SSSR count). The Morgan fingerprint density at radius 2 is 1.83 bits per heavy atom. The van der Waals surface area contributed by atoms with Crippen molar-refractivity contribution in [3.8, 4) is 11.4 Å². The molecule has 11 heteroatoms. The van der Waals surface area contributed by atoms with E-state index in [-0.39, 0.29) is 26.3 Å². The SMILES string of the molecule is O=S(=O)(Nc1cc(-c2nnc3n2CCCCC3)c(F)cc1F)c1cccc(Cl)c1Cl. The van der Waals surface area contributed by atoms with E-state index < -0.39 is 27.3 Å². The van der Waals surface area contributed by atoms with Crippen LogP contribution in [0.3, 0.4) is 0 Å². The number of nitrogens with one attached hydrogen (secondary N) is 1. The zero-order valence-corrected chi connectivity index (χ0v) is 17.8. The van der Waals surface area contributed by atoms with E-state index in [0.717, 1.165) is 31.2 Å². The summed E-state index contributed by atoms with van der Waals surface area (Å²) < 4.78 is 58.4. The molecule has 0 bridgehead atoms. The highest BCUT2D eigenvalue weighted by atomic mass is 35.5. The molecule has 6 nitrogen and oxygen atoms in total. The maximum atomic E-state index is 14.6. The molecule has 0 aliphatic carbocycles. The van der Waals surface area contributed by atoms with Gasteiger partial charge in [0.15, 0.2) is 5.82 Å². The van der Waals surface area contributed by atoms with Crippen LogP contribution in [-0.2, 0) is 23.0 Å². The first-order chi connectivity index (χ1) is 14.3. The minimum Gasteiger partial charge on any atom is -0.311 e. The fourth-order valence-corrected chi connectivity index (χ4v) is 5.19. The zero-order chi connectivity index (χ0) is 21.5. The molecule has 0 fully saturated rings. The highest BCUT2D eigenvalue weighted by molar-refractivity contribution is 7.92. The average molecular weight is 473 g/mol. The second-order valence-electron chi connectivity index (χ2n) is 6.87. The summed E-state index contributed by atoms with van der Waals surface area (Å²) >= 11 is 11.9. The van der Waals surface area contributed by atoms with Crippen LogP contribution in [0.15, 0.2) is 35.2 Å². The number of aromatic nitrogens is 3. The molecule has 0 saturated carbocycles. The lowest BCUT2D eigenvalue weighted by Gasteiger charge is -2.13. The number of aryl methyl sites for hydroxylation is 1. The van der Waals surface area contributed by atoms with Crippen LogP contribution in [0.4, 0.5) is 14.5 Å². The molecule has 3 aromatic rings. The number of benzene rings is 2. The maximum Gasteiger partial charge on any atom is 0.263 e. The largest absolute Gasteiger partial charge is 0.311 e. The number of rotatable bonds is 4. The van der Waals surface area contributed by atoms with Gasteiger partial charge in [-0.3, -0.25) is 4.72 Å². The van der Waals surface area contributed by atoms with E-state index in [1.165, 1.54) is 18.2 Å². The lowest BCUT2D eigenvalue weighted by molar-refractivity contribution is 0.581. The molecule has 0 saturated heterocycles. The Morgan fingerprint density at radius 1 is 1.03 bits per heavy atom. The fraction of sp³-hybridized carbons (Fsp3) is 0.263. The first kappa shape index (κ1) is 21.0. The number of fused-ring (bicyclic) bond motifs is 1. The Hall–Kier alpha value is -2.23. The second-order valence-corrected chi connectivity index (χ2v) is 9.31. The molecule has 2 aromatic carbocycles. The third-order valence-corrected chi connectivity index (χ3v) is 7.20. The molecule has 0 radical (unpaired) electrons. The number of nitrogens with zero attached hydrogens (tertiary/aromatic N) is 3. The number of hydrogen-bond donors (Lipinski definition) is 1. The van der Waals surface area contributed by atoms with Crippen molar-refractivity contribution in [2.45, 2.75) is 37.1 Å².